The largest absolute Gasteiger partial charge is 0.292 e. The fourth-order valence-corrected chi connectivity index (χ4v) is 7.51. The van der Waals surface area contributed by atoms with Crippen LogP contribution in [0.1, 0.15) is 32.7 Å². The van der Waals surface area contributed by atoms with Crippen molar-refractivity contribution in [3.63, 3.8) is 0 Å². The van der Waals surface area contributed by atoms with Gasteiger partial charge in [-0.05, 0) is 49.4 Å². The lowest BCUT2D eigenvalue weighted by molar-refractivity contribution is -0.154. The summed E-state index contributed by atoms with van der Waals surface area (Å²) in [6.07, 6.45) is 0.778. The number of Topliss-reactive ketones (excluding diaryl/α,β-unsaturated/α-hetero) is 1. The van der Waals surface area contributed by atoms with E-state index in [1.807, 2.05) is 6.92 Å². The quantitative estimate of drug-likeness (QED) is 0.281. The maximum atomic E-state index is 13.6. The molecule has 0 N–H and O–H groups in total. The first-order chi connectivity index (χ1) is 16.2. The first-order valence-corrected chi connectivity index (χ1v) is 13.2. The number of imide groups is 1. The number of hydrazine groups is 1. The Balaban J connectivity index is 1.50. The number of fused-ring (bicyclic) bond motifs is 5. The van der Waals surface area contributed by atoms with Crippen LogP contribution in [-0.2, 0) is 9.59 Å². The van der Waals surface area contributed by atoms with Gasteiger partial charge < -0.3 is 0 Å². The van der Waals surface area contributed by atoms with Crippen molar-refractivity contribution < 1.29 is 19.2 Å². The number of rotatable bonds is 5. The minimum Gasteiger partial charge on any atom is -0.292 e. The molecule has 3 aliphatic rings. The number of alkyl halides is 2. The summed E-state index contributed by atoms with van der Waals surface area (Å²) in [5.41, 5.74) is 1.63. The third-order valence-corrected chi connectivity index (χ3v) is 10.7. The van der Waals surface area contributed by atoms with E-state index >= 15 is 0 Å². The topological polar surface area (TPSA) is 74.8 Å². The van der Waals surface area contributed by atoms with Crippen LogP contribution in [0.4, 0.5) is 0 Å². The van der Waals surface area contributed by atoms with Gasteiger partial charge in [0.15, 0.2) is 5.78 Å². The highest BCUT2D eigenvalue weighted by atomic mass is 79.9. The Kier molecular flexibility index (Phi) is 6.19. The monoisotopic (exact) mass is 606 g/mol. The van der Waals surface area contributed by atoms with E-state index in [1.165, 1.54) is 12.1 Å². The second-order valence-corrected chi connectivity index (χ2v) is 11.7. The summed E-state index contributed by atoms with van der Waals surface area (Å²) < 4.78 is 0. The number of aryl methyl sites for hydroxylation is 1. The molecular formula is C25H21Br2ClN2O4. The maximum Gasteiger partial charge on any atom is 0.273 e. The minimum atomic E-state index is -0.600. The molecule has 34 heavy (non-hydrogen) atoms. The lowest BCUT2D eigenvalue weighted by Crippen LogP contribution is -2.52. The summed E-state index contributed by atoms with van der Waals surface area (Å²) in [5.74, 6) is -2.77. The van der Waals surface area contributed by atoms with Crippen molar-refractivity contribution >= 4 is 67.0 Å². The maximum absolute atomic E-state index is 13.6. The number of carbonyl (C=O) groups excluding carboxylic acids is 4. The van der Waals surface area contributed by atoms with E-state index in [4.69, 9.17) is 11.6 Å². The van der Waals surface area contributed by atoms with Crippen molar-refractivity contribution in [1.82, 2.24) is 10.0 Å². The van der Waals surface area contributed by atoms with Crippen molar-refractivity contribution in [3.8, 4) is 0 Å². The standard InChI is InChI=1S/C25H21Br2ClN2O4/c1-12-2-4-13(5-3-12)18(31)11-29(23(32)14-6-8-15(28)9-7-14)30-24(33)19-16-10-17(20(19)25(30)34)22(27)21(16)26/h2-9,16-17,19-22H,10-11H2,1H3/t16-,17-,19-,20+,21+,22+/m1/s1. The molecule has 0 unspecified atom stereocenters. The fraction of sp³-hybridized carbons (Fsp3) is 0.360. The Morgan fingerprint density at radius 2 is 1.41 bits per heavy atom. The van der Waals surface area contributed by atoms with Crippen LogP contribution in [0.25, 0.3) is 0 Å². The molecule has 3 amide bonds. The van der Waals surface area contributed by atoms with Crippen LogP contribution in [0, 0.1) is 30.6 Å². The lowest BCUT2D eigenvalue weighted by Gasteiger charge is -2.31. The predicted molar refractivity (Wildman–Crippen MR) is 134 cm³/mol. The third-order valence-electron chi connectivity index (χ3n) is 7.20. The molecule has 2 bridgehead atoms. The molecule has 1 saturated heterocycles. The summed E-state index contributed by atoms with van der Waals surface area (Å²) in [4.78, 5) is 54.0. The highest BCUT2D eigenvalue weighted by Gasteiger charge is 2.67. The van der Waals surface area contributed by atoms with Gasteiger partial charge in [-0.3, -0.25) is 19.2 Å². The summed E-state index contributed by atoms with van der Waals surface area (Å²) in [6.45, 7) is 1.49. The van der Waals surface area contributed by atoms with E-state index in [-0.39, 0.29) is 32.8 Å². The number of halogens is 3. The molecule has 1 aliphatic heterocycles. The minimum absolute atomic E-state index is 0.00103. The fourth-order valence-electron chi connectivity index (χ4n) is 5.51. The van der Waals surface area contributed by atoms with Gasteiger partial charge in [0.1, 0.15) is 6.54 Å². The molecule has 2 aromatic carbocycles. The molecule has 0 aromatic heterocycles. The van der Waals surface area contributed by atoms with E-state index in [2.05, 4.69) is 31.9 Å². The summed E-state index contributed by atoms with van der Waals surface area (Å²) in [5, 5.41) is 2.40. The van der Waals surface area contributed by atoms with Gasteiger partial charge in [0.25, 0.3) is 17.7 Å². The van der Waals surface area contributed by atoms with E-state index in [0.29, 0.717) is 10.6 Å². The summed E-state index contributed by atoms with van der Waals surface area (Å²) in [7, 11) is 0. The molecule has 6 atom stereocenters. The number of carbonyl (C=O) groups is 4. The van der Waals surface area contributed by atoms with Crippen LogP contribution in [0.3, 0.4) is 0 Å². The van der Waals surface area contributed by atoms with Crippen LogP contribution in [0.2, 0.25) is 5.02 Å². The Morgan fingerprint density at radius 1 is 0.912 bits per heavy atom. The molecule has 2 saturated carbocycles. The number of amides is 3. The highest BCUT2D eigenvalue weighted by Crippen LogP contribution is 2.60. The van der Waals surface area contributed by atoms with Crippen LogP contribution < -0.4 is 0 Å². The van der Waals surface area contributed by atoms with Gasteiger partial charge in [-0.1, -0.05) is 73.3 Å². The second-order valence-electron chi connectivity index (χ2n) is 9.15. The molecule has 2 aliphatic carbocycles. The van der Waals surface area contributed by atoms with E-state index in [1.54, 1.807) is 36.4 Å². The SMILES string of the molecule is Cc1ccc(C(=O)CN(C(=O)c2ccc(Cl)cc2)N2C(=O)[C@@H]3[C@H]4C[C@@H]([C@H](Br)[C@H]4Br)[C@@H]3C2=O)cc1. The Hall–Kier alpha value is -2.03. The number of benzene rings is 2. The van der Waals surface area contributed by atoms with E-state index in [0.717, 1.165) is 22.0 Å². The zero-order chi connectivity index (χ0) is 24.3. The van der Waals surface area contributed by atoms with Gasteiger partial charge in [0.05, 0.1) is 11.8 Å². The van der Waals surface area contributed by atoms with Gasteiger partial charge in [-0.15, -0.1) is 0 Å². The number of nitrogens with zero attached hydrogens (tertiary/aromatic N) is 2. The molecule has 3 fully saturated rings. The van der Waals surface area contributed by atoms with Crippen molar-refractivity contribution in [3.05, 3.63) is 70.2 Å². The Bertz CT molecular complexity index is 1150. The molecule has 0 radical (unpaired) electrons. The molecule has 2 aromatic rings. The molecule has 9 heteroatoms. The van der Waals surface area contributed by atoms with Crippen LogP contribution in [-0.4, -0.2) is 49.7 Å². The number of ketones is 1. The van der Waals surface area contributed by atoms with Crippen molar-refractivity contribution in [2.75, 3.05) is 6.54 Å². The third kappa shape index (κ3) is 3.74. The van der Waals surface area contributed by atoms with Crippen LogP contribution in [0.5, 0.6) is 0 Å². The second kappa shape index (κ2) is 8.88. The van der Waals surface area contributed by atoms with Gasteiger partial charge in [0.2, 0.25) is 0 Å². The van der Waals surface area contributed by atoms with Crippen molar-refractivity contribution in [2.24, 2.45) is 23.7 Å². The molecule has 5 rings (SSSR count). The number of hydrogen-bond acceptors (Lipinski definition) is 4. The normalized spacial score (nSPS) is 29.5. The highest BCUT2D eigenvalue weighted by molar-refractivity contribution is 9.12. The predicted octanol–water partition coefficient (Wildman–Crippen LogP) is 4.67. The van der Waals surface area contributed by atoms with Gasteiger partial charge >= 0.3 is 0 Å². The molecule has 6 nitrogen and oxygen atoms in total. The molecule has 176 valence electrons. The van der Waals surface area contributed by atoms with E-state index in [9.17, 15) is 19.2 Å². The first kappa shape index (κ1) is 23.7. The van der Waals surface area contributed by atoms with Crippen molar-refractivity contribution in [1.29, 1.82) is 0 Å². The molecule has 1 heterocycles. The average molecular weight is 609 g/mol. The number of hydrogen-bond donors (Lipinski definition) is 0. The van der Waals surface area contributed by atoms with Crippen LogP contribution >= 0.6 is 43.5 Å². The average Bonchev–Trinajstić information content (AvgIpc) is 3.43. The Labute approximate surface area is 218 Å². The smallest absolute Gasteiger partial charge is 0.273 e. The zero-order valence-corrected chi connectivity index (χ0v) is 22.1. The van der Waals surface area contributed by atoms with Gasteiger partial charge in [0, 0.05) is 25.8 Å². The molecular weight excluding hydrogens is 588 g/mol. The molecule has 0 spiro atoms. The van der Waals surface area contributed by atoms with Crippen LogP contribution in [0.15, 0.2) is 48.5 Å². The summed E-state index contributed by atoms with van der Waals surface area (Å²) in [6, 6.07) is 13.1. The Morgan fingerprint density at radius 3 is 1.94 bits per heavy atom. The van der Waals surface area contributed by atoms with Gasteiger partial charge in [-0.25, -0.2) is 5.01 Å². The van der Waals surface area contributed by atoms with E-state index < -0.39 is 36.1 Å². The van der Waals surface area contributed by atoms with Crippen molar-refractivity contribution in [2.45, 2.75) is 23.0 Å². The lowest BCUT2D eigenvalue weighted by atomic mass is 9.81. The zero-order valence-electron chi connectivity index (χ0n) is 18.2. The van der Waals surface area contributed by atoms with Gasteiger partial charge in [-0.2, -0.15) is 5.01 Å². The summed E-state index contributed by atoms with van der Waals surface area (Å²) >= 11 is 13.3. The first-order valence-electron chi connectivity index (χ1n) is 11.0.